The molecular formula is C17H20FNOS. The first-order valence-electron chi connectivity index (χ1n) is 6.90. The van der Waals surface area contributed by atoms with Gasteiger partial charge < -0.3 is 10.1 Å². The quantitative estimate of drug-likeness (QED) is 0.787. The predicted octanol–water partition coefficient (Wildman–Crippen LogP) is 3.76. The van der Waals surface area contributed by atoms with Gasteiger partial charge in [0.25, 0.3) is 0 Å². The molecular weight excluding hydrogens is 285 g/mol. The van der Waals surface area contributed by atoms with Crippen LogP contribution >= 0.6 is 11.8 Å². The van der Waals surface area contributed by atoms with E-state index < -0.39 is 0 Å². The van der Waals surface area contributed by atoms with Crippen molar-refractivity contribution < 1.29 is 9.13 Å². The Bertz CT molecular complexity index is 576. The Balaban J connectivity index is 1.93. The van der Waals surface area contributed by atoms with Gasteiger partial charge in [-0.3, -0.25) is 0 Å². The number of nitrogens with one attached hydrogen (secondary N) is 1. The molecule has 2 rings (SSSR count). The summed E-state index contributed by atoms with van der Waals surface area (Å²) in [4.78, 5) is 0.959. The number of methoxy groups -OCH3 is 1. The molecule has 0 heterocycles. The lowest BCUT2D eigenvalue weighted by molar-refractivity contribution is 0.414. The normalized spacial score (nSPS) is 12.1. The van der Waals surface area contributed by atoms with Crippen LogP contribution in [0.1, 0.15) is 5.56 Å². The maximum absolute atomic E-state index is 13.2. The fourth-order valence-corrected chi connectivity index (χ4v) is 3.13. The molecule has 0 aliphatic heterocycles. The van der Waals surface area contributed by atoms with E-state index in [2.05, 4.69) is 17.4 Å². The fraction of sp³-hybridized carbons (Fsp3) is 0.294. The second kappa shape index (κ2) is 8.05. The van der Waals surface area contributed by atoms with Gasteiger partial charge >= 0.3 is 0 Å². The Kier molecular flexibility index (Phi) is 6.08. The molecule has 1 N–H and O–H groups in total. The van der Waals surface area contributed by atoms with Gasteiger partial charge in [0.1, 0.15) is 11.6 Å². The van der Waals surface area contributed by atoms with Crippen LogP contribution in [0.2, 0.25) is 0 Å². The van der Waals surface area contributed by atoms with Crippen LogP contribution in [0.3, 0.4) is 0 Å². The molecule has 21 heavy (non-hydrogen) atoms. The SMILES string of the molecule is CNC(CSc1cccc(F)c1)Cc1cccc(OC)c1. The van der Waals surface area contributed by atoms with Gasteiger partial charge in [-0.25, -0.2) is 4.39 Å². The summed E-state index contributed by atoms with van der Waals surface area (Å²) >= 11 is 1.66. The summed E-state index contributed by atoms with van der Waals surface area (Å²) in [5, 5.41) is 3.32. The molecule has 1 atom stereocenters. The topological polar surface area (TPSA) is 21.3 Å². The van der Waals surface area contributed by atoms with Crippen molar-refractivity contribution in [1.29, 1.82) is 0 Å². The Labute approximate surface area is 129 Å². The van der Waals surface area contributed by atoms with Gasteiger partial charge in [-0.05, 0) is 49.4 Å². The second-order valence-electron chi connectivity index (χ2n) is 4.81. The number of ether oxygens (including phenoxy) is 1. The minimum Gasteiger partial charge on any atom is -0.497 e. The molecule has 112 valence electrons. The highest BCUT2D eigenvalue weighted by Crippen LogP contribution is 2.21. The molecule has 0 fully saturated rings. The van der Waals surface area contributed by atoms with Crippen LogP contribution in [0.4, 0.5) is 4.39 Å². The molecule has 0 bridgehead atoms. The molecule has 0 radical (unpaired) electrons. The number of thioether (sulfide) groups is 1. The number of hydrogen-bond donors (Lipinski definition) is 1. The maximum Gasteiger partial charge on any atom is 0.124 e. The minimum atomic E-state index is -0.186. The molecule has 2 aromatic carbocycles. The summed E-state index contributed by atoms with van der Waals surface area (Å²) < 4.78 is 18.4. The summed E-state index contributed by atoms with van der Waals surface area (Å²) in [6.45, 7) is 0. The van der Waals surface area contributed by atoms with E-state index in [-0.39, 0.29) is 5.82 Å². The fourth-order valence-electron chi connectivity index (χ4n) is 2.08. The van der Waals surface area contributed by atoms with E-state index in [0.29, 0.717) is 6.04 Å². The second-order valence-corrected chi connectivity index (χ2v) is 5.90. The van der Waals surface area contributed by atoms with Crippen molar-refractivity contribution in [3.8, 4) is 5.75 Å². The highest BCUT2D eigenvalue weighted by Gasteiger charge is 2.09. The third-order valence-corrected chi connectivity index (χ3v) is 4.43. The first kappa shape index (κ1) is 15.9. The van der Waals surface area contributed by atoms with Gasteiger partial charge in [0.15, 0.2) is 0 Å². The van der Waals surface area contributed by atoms with Gasteiger partial charge in [-0.15, -0.1) is 11.8 Å². The van der Waals surface area contributed by atoms with Gasteiger partial charge in [-0.2, -0.15) is 0 Å². The van der Waals surface area contributed by atoms with E-state index in [1.54, 1.807) is 31.0 Å². The summed E-state index contributed by atoms with van der Waals surface area (Å²) in [5.74, 6) is 1.57. The van der Waals surface area contributed by atoms with E-state index in [1.165, 1.54) is 11.6 Å². The van der Waals surface area contributed by atoms with Gasteiger partial charge in [0, 0.05) is 16.7 Å². The van der Waals surface area contributed by atoms with Crippen LogP contribution in [0.5, 0.6) is 5.75 Å². The van der Waals surface area contributed by atoms with E-state index >= 15 is 0 Å². The number of hydrogen-bond acceptors (Lipinski definition) is 3. The first-order valence-corrected chi connectivity index (χ1v) is 7.88. The third-order valence-electron chi connectivity index (χ3n) is 3.27. The standard InChI is InChI=1S/C17H20FNOS/c1-19-15(9-13-5-3-7-16(10-13)20-2)12-21-17-8-4-6-14(18)11-17/h3-8,10-11,15,19H,9,12H2,1-2H3. The number of likely N-dealkylation sites (N-methyl/N-ethyl adjacent to an activating group) is 1. The van der Waals surface area contributed by atoms with E-state index in [1.807, 2.05) is 25.2 Å². The van der Waals surface area contributed by atoms with Crippen molar-refractivity contribution in [1.82, 2.24) is 5.32 Å². The zero-order valence-electron chi connectivity index (χ0n) is 12.3. The Morgan fingerprint density at radius 2 is 2.00 bits per heavy atom. The molecule has 2 aromatic rings. The molecule has 0 amide bonds. The molecule has 0 aromatic heterocycles. The number of halogens is 1. The summed E-state index contributed by atoms with van der Waals surface area (Å²) in [6, 6.07) is 15.1. The summed E-state index contributed by atoms with van der Waals surface area (Å²) in [5.41, 5.74) is 1.23. The Morgan fingerprint density at radius 3 is 2.71 bits per heavy atom. The van der Waals surface area contributed by atoms with E-state index in [4.69, 9.17) is 4.74 Å². The molecule has 1 unspecified atom stereocenters. The van der Waals surface area contributed by atoms with Crippen LogP contribution in [0.25, 0.3) is 0 Å². The predicted molar refractivity (Wildman–Crippen MR) is 86.7 cm³/mol. The molecule has 0 saturated heterocycles. The minimum absolute atomic E-state index is 0.186. The summed E-state index contributed by atoms with van der Waals surface area (Å²) in [7, 11) is 3.63. The maximum atomic E-state index is 13.2. The van der Waals surface area contributed by atoms with E-state index in [0.717, 1.165) is 22.8 Å². The van der Waals surface area contributed by atoms with Crippen LogP contribution < -0.4 is 10.1 Å². The molecule has 4 heteroatoms. The number of benzene rings is 2. The van der Waals surface area contributed by atoms with Crippen molar-refractivity contribution in [3.63, 3.8) is 0 Å². The van der Waals surface area contributed by atoms with Crippen molar-refractivity contribution in [2.45, 2.75) is 17.4 Å². The zero-order valence-corrected chi connectivity index (χ0v) is 13.1. The first-order chi connectivity index (χ1) is 10.2. The monoisotopic (exact) mass is 305 g/mol. The van der Waals surface area contributed by atoms with Gasteiger partial charge in [-0.1, -0.05) is 18.2 Å². The Morgan fingerprint density at radius 1 is 1.19 bits per heavy atom. The van der Waals surface area contributed by atoms with Crippen LogP contribution in [0, 0.1) is 5.82 Å². The molecule has 0 aliphatic rings. The van der Waals surface area contributed by atoms with Crippen molar-refractivity contribution in [2.24, 2.45) is 0 Å². The molecule has 0 spiro atoms. The zero-order chi connectivity index (χ0) is 15.1. The largest absolute Gasteiger partial charge is 0.497 e. The van der Waals surface area contributed by atoms with Crippen LogP contribution in [0.15, 0.2) is 53.4 Å². The van der Waals surface area contributed by atoms with Crippen molar-refractivity contribution >= 4 is 11.8 Å². The third kappa shape index (κ3) is 5.06. The highest BCUT2D eigenvalue weighted by atomic mass is 32.2. The van der Waals surface area contributed by atoms with Gasteiger partial charge in [0.05, 0.1) is 7.11 Å². The average molecular weight is 305 g/mol. The number of rotatable bonds is 7. The highest BCUT2D eigenvalue weighted by molar-refractivity contribution is 7.99. The lowest BCUT2D eigenvalue weighted by Crippen LogP contribution is -2.30. The van der Waals surface area contributed by atoms with Crippen molar-refractivity contribution in [3.05, 3.63) is 59.9 Å². The van der Waals surface area contributed by atoms with Crippen LogP contribution in [-0.4, -0.2) is 26.0 Å². The molecule has 2 nitrogen and oxygen atoms in total. The van der Waals surface area contributed by atoms with Gasteiger partial charge in [0.2, 0.25) is 0 Å². The smallest absolute Gasteiger partial charge is 0.124 e. The lowest BCUT2D eigenvalue weighted by atomic mass is 10.1. The summed E-state index contributed by atoms with van der Waals surface area (Å²) in [6.07, 6.45) is 0.913. The van der Waals surface area contributed by atoms with E-state index in [9.17, 15) is 4.39 Å². The molecule has 0 aliphatic carbocycles. The Hall–Kier alpha value is -1.52. The molecule has 0 saturated carbocycles. The lowest BCUT2D eigenvalue weighted by Gasteiger charge is -2.16. The van der Waals surface area contributed by atoms with Crippen LogP contribution in [-0.2, 0) is 6.42 Å². The average Bonchev–Trinajstić information content (AvgIpc) is 2.51. The van der Waals surface area contributed by atoms with Crippen molar-refractivity contribution in [2.75, 3.05) is 19.9 Å².